The van der Waals surface area contributed by atoms with Crippen molar-refractivity contribution in [3.63, 3.8) is 0 Å². The maximum Gasteiger partial charge on any atom is 0.490 e. The van der Waals surface area contributed by atoms with Crippen molar-refractivity contribution in [3.8, 4) is 17.3 Å². The number of methoxy groups -OCH3 is 1. The third kappa shape index (κ3) is 8.12. The van der Waals surface area contributed by atoms with Crippen LogP contribution in [0.1, 0.15) is 23.0 Å². The zero-order valence-electron chi connectivity index (χ0n) is 22.6. The molecule has 2 aromatic heterocycles. The highest BCUT2D eigenvalue weighted by Gasteiger charge is 2.38. The van der Waals surface area contributed by atoms with E-state index in [-0.39, 0.29) is 18.3 Å². The fraction of sp³-hybridized carbons (Fsp3) is 0.148. The second kappa shape index (κ2) is 13.7. The van der Waals surface area contributed by atoms with Crippen LogP contribution in [0.5, 0.6) is 11.5 Å². The van der Waals surface area contributed by atoms with Crippen molar-refractivity contribution in [1.29, 1.82) is 5.41 Å². The number of amidine groups is 1. The van der Waals surface area contributed by atoms with E-state index in [0.717, 1.165) is 10.2 Å². The van der Waals surface area contributed by atoms with E-state index < -0.39 is 23.9 Å². The Morgan fingerprint density at radius 3 is 2.47 bits per heavy atom. The fourth-order valence-corrected chi connectivity index (χ4v) is 3.56. The van der Waals surface area contributed by atoms with Gasteiger partial charge in [-0.1, -0.05) is 18.7 Å². The van der Waals surface area contributed by atoms with Crippen LogP contribution in [-0.4, -0.2) is 56.6 Å². The lowest BCUT2D eigenvalue weighted by Crippen LogP contribution is -2.21. The number of nitrogen functional groups attached to an aromatic ring is 2. The van der Waals surface area contributed by atoms with E-state index in [1.807, 2.05) is 6.07 Å². The zero-order valence-corrected chi connectivity index (χ0v) is 22.6. The first-order valence-electron chi connectivity index (χ1n) is 12.2. The first-order chi connectivity index (χ1) is 20.3. The average molecular weight is 601 g/mol. The molecule has 43 heavy (non-hydrogen) atoms. The Balaban J connectivity index is 0.000000646. The van der Waals surface area contributed by atoms with Gasteiger partial charge >= 0.3 is 17.8 Å². The van der Waals surface area contributed by atoms with Gasteiger partial charge in [-0.3, -0.25) is 10.4 Å². The summed E-state index contributed by atoms with van der Waals surface area (Å²) < 4.78 is 44.1. The Kier molecular flexibility index (Phi) is 10.1. The molecule has 16 heteroatoms. The van der Waals surface area contributed by atoms with Crippen LogP contribution in [-0.2, 0) is 4.79 Å². The monoisotopic (exact) mass is 600 g/mol. The van der Waals surface area contributed by atoms with Crippen LogP contribution >= 0.6 is 0 Å². The van der Waals surface area contributed by atoms with Gasteiger partial charge in [0.05, 0.1) is 12.8 Å². The van der Waals surface area contributed by atoms with Gasteiger partial charge in [0, 0.05) is 17.4 Å². The molecule has 0 amide bonds. The second-order valence-corrected chi connectivity index (χ2v) is 8.52. The van der Waals surface area contributed by atoms with Crippen molar-refractivity contribution in [2.45, 2.75) is 12.2 Å². The number of anilines is 2. The van der Waals surface area contributed by atoms with Gasteiger partial charge in [0.1, 0.15) is 18.5 Å². The Morgan fingerprint density at radius 1 is 1.23 bits per heavy atom. The SMILES string of the molecule is C=CCOc1cc(C(Nc2ccc(C(=N)N)cc2)c2nn(-c3ncccc3N)c(=O)[nH]2)ccc1OC.O=C(O)C(F)(F)F. The van der Waals surface area contributed by atoms with Crippen LogP contribution in [0.3, 0.4) is 0 Å². The van der Waals surface area contributed by atoms with Crippen LogP contribution in [0.4, 0.5) is 24.5 Å². The molecule has 8 N–H and O–H groups in total. The number of pyridine rings is 1. The smallest absolute Gasteiger partial charge is 0.490 e. The number of aromatic amines is 1. The lowest BCUT2D eigenvalue weighted by atomic mass is 10.0. The predicted octanol–water partition coefficient (Wildman–Crippen LogP) is 3.23. The molecule has 0 aliphatic carbocycles. The molecular formula is C27H27F3N8O5. The quantitative estimate of drug-likeness (QED) is 0.0890. The van der Waals surface area contributed by atoms with Gasteiger partial charge in [0.2, 0.25) is 0 Å². The van der Waals surface area contributed by atoms with Gasteiger partial charge in [-0.2, -0.15) is 17.9 Å². The van der Waals surface area contributed by atoms with Gasteiger partial charge in [-0.25, -0.2) is 14.6 Å². The number of carbonyl (C=O) groups is 1. The highest BCUT2D eigenvalue weighted by Crippen LogP contribution is 2.33. The second-order valence-electron chi connectivity index (χ2n) is 8.52. The van der Waals surface area contributed by atoms with Crippen molar-refractivity contribution in [1.82, 2.24) is 19.7 Å². The number of H-pyrrole nitrogens is 1. The Morgan fingerprint density at radius 2 is 1.91 bits per heavy atom. The summed E-state index contributed by atoms with van der Waals surface area (Å²) in [6.07, 6.45) is -1.92. The summed E-state index contributed by atoms with van der Waals surface area (Å²) in [6.45, 7) is 3.98. The van der Waals surface area contributed by atoms with Gasteiger partial charge < -0.3 is 31.4 Å². The summed E-state index contributed by atoms with van der Waals surface area (Å²) in [4.78, 5) is 28.7. The maximum atomic E-state index is 12.8. The van der Waals surface area contributed by atoms with Gasteiger partial charge in [0.25, 0.3) is 0 Å². The normalized spacial score (nSPS) is 11.4. The highest BCUT2D eigenvalue weighted by atomic mass is 19.4. The lowest BCUT2D eigenvalue weighted by Gasteiger charge is -2.20. The summed E-state index contributed by atoms with van der Waals surface area (Å²) in [5.74, 6) is -1.20. The van der Waals surface area contributed by atoms with E-state index >= 15 is 0 Å². The molecule has 2 heterocycles. The number of nitrogens with two attached hydrogens (primary N) is 2. The van der Waals surface area contributed by atoms with Crippen molar-refractivity contribution in [3.05, 3.63) is 101 Å². The predicted molar refractivity (Wildman–Crippen MR) is 152 cm³/mol. The van der Waals surface area contributed by atoms with E-state index in [1.54, 1.807) is 61.7 Å². The first kappa shape index (κ1) is 31.7. The Bertz CT molecular complexity index is 1650. The molecule has 0 aliphatic heterocycles. The van der Waals surface area contributed by atoms with E-state index in [4.69, 9.17) is 36.3 Å². The molecule has 0 fully saturated rings. The summed E-state index contributed by atoms with van der Waals surface area (Å²) >= 11 is 0. The molecule has 4 aromatic rings. The molecule has 0 saturated heterocycles. The van der Waals surface area contributed by atoms with E-state index in [2.05, 4.69) is 27.0 Å². The number of nitrogens with one attached hydrogen (secondary N) is 3. The van der Waals surface area contributed by atoms with Crippen molar-refractivity contribution < 1.29 is 32.5 Å². The van der Waals surface area contributed by atoms with Crippen LogP contribution in [0.15, 0.2) is 78.2 Å². The van der Waals surface area contributed by atoms with Gasteiger partial charge in [-0.05, 0) is 54.1 Å². The molecule has 2 aromatic carbocycles. The molecule has 0 saturated carbocycles. The molecular weight excluding hydrogens is 573 g/mol. The summed E-state index contributed by atoms with van der Waals surface area (Å²) in [5.41, 5.74) is 13.5. The number of aromatic nitrogens is 4. The van der Waals surface area contributed by atoms with E-state index in [9.17, 15) is 18.0 Å². The molecule has 4 rings (SSSR count). The fourth-order valence-electron chi connectivity index (χ4n) is 3.56. The number of carboxylic acid groups (broad SMARTS) is 1. The average Bonchev–Trinajstić information content (AvgIpc) is 3.35. The number of ether oxygens (including phenoxy) is 2. The van der Waals surface area contributed by atoms with Crippen LogP contribution in [0.2, 0.25) is 0 Å². The molecule has 226 valence electrons. The Hall–Kier alpha value is -5.80. The minimum absolute atomic E-state index is 0.0340. The van der Waals surface area contributed by atoms with Crippen LogP contribution < -0.4 is 31.9 Å². The number of rotatable bonds is 10. The zero-order chi connectivity index (χ0) is 31.7. The number of hydrogen-bond donors (Lipinski definition) is 6. The number of aliphatic carboxylic acids is 1. The minimum atomic E-state index is -5.08. The third-order valence-electron chi connectivity index (χ3n) is 5.55. The molecule has 0 bridgehead atoms. The lowest BCUT2D eigenvalue weighted by molar-refractivity contribution is -0.192. The molecule has 1 unspecified atom stereocenters. The largest absolute Gasteiger partial charge is 0.493 e. The number of nitrogens with zero attached hydrogens (tertiary/aromatic N) is 3. The highest BCUT2D eigenvalue weighted by molar-refractivity contribution is 5.95. The van der Waals surface area contributed by atoms with Gasteiger partial charge in [-0.15, -0.1) is 5.10 Å². The maximum absolute atomic E-state index is 12.8. The Labute approximate surface area is 242 Å². The van der Waals surface area contributed by atoms with E-state index in [0.29, 0.717) is 34.3 Å². The van der Waals surface area contributed by atoms with Crippen molar-refractivity contribution in [2.24, 2.45) is 5.73 Å². The number of hydrogen-bond acceptors (Lipinski definition) is 9. The number of halogens is 3. The van der Waals surface area contributed by atoms with Crippen molar-refractivity contribution in [2.75, 3.05) is 24.8 Å². The summed E-state index contributed by atoms with van der Waals surface area (Å²) in [7, 11) is 1.55. The number of benzene rings is 2. The molecule has 13 nitrogen and oxygen atoms in total. The minimum Gasteiger partial charge on any atom is -0.493 e. The van der Waals surface area contributed by atoms with Gasteiger partial charge in [0.15, 0.2) is 23.1 Å². The first-order valence-corrected chi connectivity index (χ1v) is 12.2. The summed E-state index contributed by atoms with van der Waals surface area (Å²) in [6, 6.07) is 15.1. The standard InChI is InChI=1S/C25H26N8O3.C2HF3O2/c1-3-13-36-20-14-16(8-11-19(20)35-2)21(30-17-9-6-15(7-10-17)22(27)28)23-31-25(34)33(32-23)24-18(26)5-4-12-29-24;3-2(4,5)1(6)7/h3-12,14,21,30H,1,13,26H2,2H3,(H3,27,28)(H,31,32,34);(H,6,7). The number of alkyl halides is 3. The molecule has 1 atom stereocenters. The topological polar surface area (TPSA) is 207 Å². The number of carboxylic acids is 1. The summed E-state index contributed by atoms with van der Waals surface area (Å²) in [5, 5.41) is 22.6. The van der Waals surface area contributed by atoms with Crippen molar-refractivity contribution >= 4 is 23.2 Å². The molecule has 0 radical (unpaired) electrons. The third-order valence-corrected chi connectivity index (χ3v) is 5.55. The van der Waals surface area contributed by atoms with Crippen LogP contribution in [0.25, 0.3) is 5.82 Å². The molecule has 0 aliphatic rings. The molecule has 0 spiro atoms. The van der Waals surface area contributed by atoms with E-state index in [1.165, 1.54) is 6.20 Å². The van der Waals surface area contributed by atoms with Crippen LogP contribution in [0, 0.1) is 5.41 Å².